The summed E-state index contributed by atoms with van der Waals surface area (Å²) in [5.41, 5.74) is 0.783. The largest absolute Gasteiger partial charge is 0.416 e. The fourth-order valence-electron chi connectivity index (χ4n) is 2.88. The Kier molecular flexibility index (Phi) is 7.28. The van der Waals surface area contributed by atoms with Crippen LogP contribution in [0.3, 0.4) is 0 Å². The van der Waals surface area contributed by atoms with Gasteiger partial charge in [0.2, 0.25) is 5.91 Å². The number of benzene rings is 1. The molecule has 0 N–H and O–H groups in total. The van der Waals surface area contributed by atoms with Crippen molar-refractivity contribution in [3.8, 4) is 0 Å². The molecule has 3 nitrogen and oxygen atoms in total. The van der Waals surface area contributed by atoms with Crippen LogP contribution in [0.1, 0.15) is 43.0 Å². The topological polar surface area (TPSA) is 25.2 Å². The van der Waals surface area contributed by atoms with E-state index in [0.717, 1.165) is 30.7 Å². The Labute approximate surface area is 158 Å². The van der Waals surface area contributed by atoms with Gasteiger partial charge in [0.25, 0.3) is 0 Å². The lowest BCUT2D eigenvalue weighted by molar-refractivity contribution is -0.137. The second kappa shape index (κ2) is 9.44. The molecule has 0 atom stereocenters. The van der Waals surface area contributed by atoms with Crippen LogP contribution in [0.15, 0.2) is 55.3 Å². The first-order valence-electron chi connectivity index (χ1n) is 9.04. The van der Waals surface area contributed by atoms with E-state index in [1.54, 1.807) is 17.0 Å². The molecule has 0 saturated carbocycles. The molecule has 1 aromatic carbocycles. The van der Waals surface area contributed by atoms with Crippen LogP contribution in [0.25, 0.3) is 0 Å². The van der Waals surface area contributed by atoms with Crippen molar-refractivity contribution in [1.82, 2.24) is 9.47 Å². The highest BCUT2D eigenvalue weighted by Crippen LogP contribution is 2.29. The van der Waals surface area contributed by atoms with E-state index in [9.17, 15) is 18.0 Å². The summed E-state index contributed by atoms with van der Waals surface area (Å²) in [6, 6.07) is 9.05. The number of halogens is 3. The molecule has 1 heterocycles. The summed E-state index contributed by atoms with van der Waals surface area (Å²) in [5, 5.41) is 0. The van der Waals surface area contributed by atoms with Crippen molar-refractivity contribution >= 4 is 5.91 Å². The molecule has 1 amide bonds. The molecule has 1 aromatic heterocycles. The highest BCUT2D eigenvalue weighted by Gasteiger charge is 2.30. The summed E-state index contributed by atoms with van der Waals surface area (Å²) in [6.45, 7) is 6.90. The third-order valence-corrected chi connectivity index (χ3v) is 4.33. The summed E-state index contributed by atoms with van der Waals surface area (Å²) >= 11 is 0. The van der Waals surface area contributed by atoms with Crippen molar-refractivity contribution in [3.63, 3.8) is 0 Å². The molecule has 0 fully saturated rings. The predicted octanol–water partition coefficient (Wildman–Crippen LogP) is 5.26. The number of alkyl halides is 3. The first-order chi connectivity index (χ1) is 12.8. The predicted molar refractivity (Wildman–Crippen MR) is 100 cm³/mol. The molecule has 2 aromatic rings. The average Bonchev–Trinajstić information content (AvgIpc) is 3.05. The van der Waals surface area contributed by atoms with Crippen molar-refractivity contribution in [2.45, 2.75) is 45.5 Å². The van der Waals surface area contributed by atoms with Crippen LogP contribution in [0.5, 0.6) is 0 Å². The van der Waals surface area contributed by atoms with E-state index in [2.05, 4.69) is 6.58 Å². The zero-order valence-corrected chi connectivity index (χ0v) is 15.5. The summed E-state index contributed by atoms with van der Waals surface area (Å²) in [4.78, 5) is 14.1. The van der Waals surface area contributed by atoms with Crippen LogP contribution in [0.2, 0.25) is 0 Å². The lowest BCUT2D eigenvalue weighted by Gasteiger charge is -2.22. The minimum atomic E-state index is -4.36. The molecule has 0 aliphatic heterocycles. The van der Waals surface area contributed by atoms with Crippen molar-refractivity contribution in [1.29, 1.82) is 0 Å². The van der Waals surface area contributed by atoms with Crippen LogP contribution < -0.4 is 0 Å². The van der Waals surface area contributed by atoms with E-state index >= 15 is 0 Å². The number of carbonyl (C=O) groups excluding carboxylic acids is 1. The van der Waals surface area contributed by atoms with E-state index in [4.69, 9.17) is 0 Å². The van der Waals surface area contributed by atoms with Gasteiger partial charge in [-0.25, -0.2) is 0 Å². The van der Waals surface area contributed by atoms with Gasteiger partial charge in [0.15, 0.2) is 0 Å². The monoisotopic (exact) mass is 378 g/mol. The van der Waals surface area contributed by atoms with Gasteiger partial charge in [-0.15, -0.1) is 6.58 Å². The maximum absolute atomic E-state index is 12.9. The Hall–Kier alpha value is -2.50. The van der Waals surface area contributed by atoms with Gasteiger partial charge in [-0.3, -0.25) is 4.79 Å². The molecule has 2 rings (SSSR count). The fourth-order valence-corrected chi connectivity index (χ4v) is 2.88. The Bertz CT molecular complexity index is 765. The second-order valence-electron chi connectivity index (χ2n) is 6.49. The van der Waals surface area contributed by atoms with Crippen LogP contribution in [-0.2, 0) is 24.1 Å². The van der Waals surface area contributed by atoms with Crippen LogP contribution in [-0.4, -0.2) is 21.9 Å². The van der Waals surface area contributed by atoms with Gasteiger partial charge in [0.1, 0.15) is 0 Å². The second-order valence-corrected chi connectivity index (χ2v) is 6.49. The van der Waals surface area contributed by atoms with Crippen LogP contribution in [0, 0.1) is 0 Å². The lowest BCUT2D eigenvalue weighted by atomic mass is 10.1. The van der Waals surface area contributed by atoms with E-state index in [1.165, 1.54) is 6.07 Å². The molecule has 0 saturated heterocycles. The Balaban J connectivity index is 2.15. The minimum Gasteiger partial charge on any atom is -0.345 e. The molecule has 146 valence electrons. The van der Waals surface area contributed by atoms with E-state index in [1.807, 2.05) is 29.8 Å². The van der Waals surface area contributed by atoms with E-state index in [0.29, 0.717) is 31.6 Å². The van der Waals surface area contributed by atoms with Crippen LogP contribution in [0.4, 0.5) is 13.2 Å². The highest BCUT2D eigenvalue weighted by atomic mass is 19.4. The SMILES string of the molecule is C=CCN(Cc1cccn1Cc1cccc(C(F)(F)F)c1)C(=O)CCCC. The Morgan fingerprint density at radius 2 is 2.04 bits per heavy atom. The summed E-state index contributed by atoms with van der Waals surface area (Å²) in [5.74, 6) is 0.0589. The van der Waals surface area contributed by atoms with Crippen LogP contribution >= 0.6 is 0 Å². The maximum Gasteiger partial charge on any atom is 0.416 e. The van der Waals surface area contributed by atoms with Gasteiger partial charge in [-0.2, -0.15) is 13.2 Å². The van der Waals surface area contributed by atoms with Crippen molar-refractivity contribution in [2.75, 3.05) is 6.54 Å². The maximum atomic E-state index is 12.9. The number of rotatable bonds is 9. The number of amides is 1. The zero-order chi connectivity index (χ0) is 19.9. The Morgan fingerprint density at radius 1 is 1.26 bits per heavy atom. The van der Waals surface area contributed by atoms with Crippen molar-refractivity contribution in [3.05, 3.63) is 72.1 Å². The number of unbranched alkanes of at least 4 members (excludes halogenated alkanes) is 1. The highest BCUT2D eigenvalue weighted by molar-refractivity contribution is 5.76. The molecule has 0 unspecified atom stereocenters. The smallest absolute Gasteiger partial charge is 0.345 e. The molecular weight excluding hydrogens is 353 g/mol. The average molecular weight is 378 g/mol. The van der Waals surface area contributed by atoms with Gasteiger partial charge < -0.3 is 9.47 Å². The summed E-state index contributed by atoms with van der Waals surface area (Å²) < 4.78 is 40.6. The third-order valence-electron chi connectivity index (χ3n) is 4.33. The van der Waals surface area contributed by atoms with E-state index < -0.39 is 11.7 Å². The number of nitrogens with zero attached hydrogens (tertiary/aromatic N) is 2. The molecule has 0 bridgehead atoms. The molecular formula is C21H25F3N2O. The zero-order valence-electron chi connectivity index (χ0n) is 15.5. The van der Waals surface area contributed by atoms with Gasteiger partial charge in [-0.05, 0) is 36.2 Å². The number of hydrogen-bond donors (Lipinski definition) is 0. The minimum absolute atomic E-state index is 0.0589. The molecule has 0 radical (unpaired) electrons. The quantitative estimate of drug-likeness (QED) is 0.547. The molecule has 27 heavy (non-hydrogen) atoms. The fraction of sp³-hybridized carbons (Fsp3) is 0.381. The van der Waals surface area contributed by atoms with Crippen molar-refractivity contribution in [2.24, 2.45) is 0 Å². The lowest BCUT2D eigenvalue weighted by Crippen LogP contribution is -2.31. The van der Waals surface area contributed by atoms with Gasteiger partial charge in [-0.1, -0.05) is 31.6 Å². The normalized spacial score (nSPS) is 11.4. The van der Waals surface area contributed by atoms with Gasteiger partial charge >= 0.3 is 6.18 Å². The first-order valence-corrected chi connectivity index (χ1v) is 9.04. The summed E-state index contributed by atoms with van der Waals surface area (Å²) in [7, 11) is 0. The standard InChI is InChI=1S/C21H25F3N2O/c1-3-5-11-20(27)26(12-4-2)16-19-10-7-13-25(19)15-17-8-6-9-18(14-17)21(22,23)24/h4,6-10,13-14H,2-3,5,11-12,15-16H2,1H3. The van der Waals surface area contributed by atoms with Gasteiger partial charge in [0, 0.05) is 31.4 Å². The number of hydrogen-bond acceptors (Lipinski definition) is 1. The molecule has 0 aliphatic rings. The van der Waals surface area contributed by atoms with E-state index in [-0.39, 0.29) is 5.91 Å². The molecule has 0 aliphatic carbocycles. The summed E-state index contributed by atoms with van der Waals surface area (Å²) in [6.07, 6.45) is 1.40. The van der Waals surface area contributed by atoms with Gasteiger partial charge in [0.05, 0.1) is 12.1 Å². The molecule has 6 heteroatoms. The van der Waals surface area contributed by atoms with Crippen molar-refractivity contribution < 1.29 is 18.0 Å². The number of carbonyl (C=O) groups is 1. The first kappa shape index (κ1) is 20.8. The number of aromatic nitrogens is 1. The molecule has 0 spiro atoms. The Morgan fingerprint density at radius 3 is 2.70 bits per heavy atom. The third kappa shape index (κ3) is 6.01.